The Balaban J connectivity index is 1.44. The first kappa shape index (κ1) is 30.0. The van der Waals surface area contributed by atoms with Gasteiger partial charge in [0, 0.05) is 43.2 Å². The monoisotopic (exact) mass is 579 g/mol. The van der Waals surface area contributed by atoms with Gasteiger partial charge in [-0.15, -0.1) is 11.3 Å². The molecule has 41 heavy (non-hydrogen) atoms. The van der Waals surface area contributed by atoms with Gasteiger partial charge in [-0.1, -0.05) is 12.1 Å². The van der Waals surface area contributed by atoms with Crippen molar-refractivity contribution in [2.24, 2.45) is 0 Å². The largest absolute Gasteiger partial charge is 0.444 e. The van der Waals surface area contributed by atoms with E-state index in [1.807, 2.05) is 55.3 Å². The number of anilines is 2. The van der Waals surface area contributed by atoms with E-state index in [-0.39, 0.29) is 24.0 Å². The Morgan fingerprint density at radius 2 is 1.63 bits per heavy atom. The quantitative estimate of drug-likeness (QED) is 0.352. The lowest BCUT2D eigenvalue weighted by Gasteiger charge is -2.36. The molecule has 0 spiro atoms. The Kier molecular flexibility index (Phi) is 8.96. The predicted molar refractivity (Wildman–Crippen MR) is 160 cm³/mol. The van der Waals surface area contributed by atoms with E-state index >= 15 is 0 Å². The third-order valence-electron chi connectivity index (χ3n) is 6.08. The zero-order chi connectivity index (χ0) is 29.8. The van der Waals surface area contributed by atoms with Crippen LogP contribution in [0.2, 0.25) is 0 Å². The summed E-state index contributed by atoms with van der Waals surface area (Å²) in [6, 6.07) is 9.57. The van der Waals surface area contributed by atoms with Gasteiger partial charge in [0.2, 0.25) is 0 Å². The molecule has 1 saturated heterocycles. The molecule has 4 rings (SSSR count). The van der Waals surface area contributed by atoms with Gasteiger partial charge in [0.15, 0.2) is 5.78 Å². The Morgan fingerprint density at radius 1 is 0.927 bits per heavy atom. The molecular formula is C30H37N5O5S. The highest BCUT2D eigenvalue weighted by atomic mass is 32.1. The summed E-state index contributed by atoms with van der Waals surface area (Å²) in [6.07, 6.45) is 2.16. The number of piperazine rings is 1. The number of Topliss-reactive ketones (excluding diaryl/α,β-unsaturated/α-hetero) is 1. The van der Waals surface area contributed by atoms with Crippen molar-refractivity contribution in [2.45, 2.75) is 59.2 Å². The predicted octanol–water partition coefficient (Wildman–Crippen LogP) is 6.03. The Bertz CT molecular complexity index is 1370. The number of hydrogen-bond donors (Lipinski definition) is 1. The molecule has 0 saturated carbocycles. The summed E-state index contributed by atoms with van der Waals surface area (Å²) < 4.78 is 10.9. The Hall–Kier alpha value is -3.99. The number of nitrogens with zero attached hydrogens (tertiary/aromatic N) is 4. The molecule has 2 amide bonds. The van der Waals surface area contributed by atoms with Gasteiger partial charge in [0.05, 0.1) is 12.4 Å². The number of aromatic nitrogens is 2. The molecule has 3 aromatic rings. The summed E-state index contributed by atoms with van der Waals surface area (Å²) in [6.45, 7) is 13.1. The SMILES string of the molecule is CC(C)(C)OC(=O)Nc1ccc(-c2cccs2)cc1CC(=O)c1cnc(N2CCN(C(=O)OC(C)(C)C)CC2)cn1. The molecule has 2 aromatic heterocycles. The summed E-state index contributed by atoms with van der Waals surface area (Å²) in [5.74, 6) is 0.409. The molecule has 1 aliphatic rings. The van der Waals surface area contributed by atoms with E-state index in [1.54, 1.807) is 49.3 Å². The van der Waals surface area contributed by atoms with Crippen LogP contribution in [0.25, 0.3) is 10.4 Å². The molecule has 11 heteroatoms. The van der Waals surface area contributed by atoms with Crippen LogP contribution >= 0.6 is 11.3 Å². The van der Waals surface area contributed by atoms with E-state index in [9.17, 15) is 14.4 Å². The van der Waals surface area contributed by atoms with Crippen LogP contribution in [0, 0.1) is 0 Å². The lowest BCUT2D eigenvalue weighted by atomic mass is 10.0. The van der Waals surface area contributed by atoms with Gasteiger partial charge < -0.3 is 19.3 Å². The molecule has 3 heterocycles. The molecule has 0 aliphatic carbocycles. The minimum atomic E-state index is -0.656. The molecule has 1 aliphatic heterocycles. The number of carbonyl (C=O) groups is 3. The number of benzene rings is 1. The first-order chi connectivity index (χ1) is 19.3. The van der Waals surface area contributed by atoms with Crippen molar-refractivity contribution in [3.05, 3.63) is 59.4 Å². The molecule has 1 fully saturated rings. The molecule has 1 aromatic carbocycles. The fourth-order valence-electron chi connectivity index (χ4n) is 4.21. The van der Waals surface area contributed by atoms with Gasteiger partial charge in [-0.3, -0.25) is 10.1 Å². The van der Waals surface area contributed by atoms with Gasteiger partial charge >= 0.3 is 12.2 Å². The fraction of sp³-hybridized carbons (Fsp3) is 0.433. The normalized spacial score (nSPS) is 14.0. The number of ketones is 1. The highest BCUT2D eigenvalue weighted by Gasteiger charge is 2.27. The fourth-order valence-corrected chi connectivity index (χ4v) is 4.93. The van der Waals surface area contributed by atoms with Crippen molar-refractivity contribution < 1.29 is 23.9 Å². The van der Waals surface area contributed by atoms with Crippen LogP contribution in [0.5, 0.6) is 0 Å². The van der Waals surface area contributed by atoms with Crippen LogP contribution < -0.4 is 10.2 Å². The first-order valence-electron chi connectivity index (χ1n) is 13.5. The van der Waals surface area contributed by atoms with Crippen molar-refractivity contribution in [2.75, 3.05) is 36.4 Å². The number of nitrogens with one attached hydrogen (secondary N) is 1. The van der Waals surface area contributed by atoms with Crippen LogP contribution in [0.4, 0.5) is 21.1 Å². The molecule has 218 valence electrons. The maximum absolute atomic E-state index is 13.3. The highest BCUT2D eigenvalue weighted by Crippen LogP contribution is 2.30. The second kappa shape index (κ2) is 12.3. The number of hydrogen-bond acceptors (Lipinski definition) is 9. The highest BCUT2D eigenvalue weighted by molar-refractivity contribution is 7.13. The molecule has 1 N–H and O–H groups in total. The number of ether oxygens (including phenoxy) is 2. The first-order valence-corrected chi connectivity index (χ1v) is 14.4. The molecular weight excluding hydrogens is 542 g/mol. The summed E-state index contributed by atoms with van der Waals surface area (Å²) in [5.41, 5.74) is 1.13. The third kappa shape index (κ3) is 8.50. The molecule has 0 bridgehead atoms. The van der Waals surface area contributed by atoms with E-state index in [1.165, 1.54) is 6.20 Å². The van der Waals surface area contributed by atoms with E-state index < -0.39 is 17.3 Å². The zero-order valence-corrected chi connectivity index (χ0v) is 25.2. The van der Waals surface area contributed by atoms with Crippen molar-refractivity contribution in [1.82, 2.24) is 14.9 Å². The van der Waals surface area contributed by atoms with Crippen LogP contribution in [0.15, 0.2) is 48.1 Å². The Labute approximate surface area is 244 Å². The second-order valence-corrected chi connectivity index (χ2v) is 12.7. The summed E-state index contributed by atoms with van der Waals surface area (Å²) in [4.78, 5) is 51.8. The van der Waals surface area contributed by atoms with Gasteiger partial charge in [0.1, 0.15) is 22.7 Å². The van der Waals surface area contributed by atoms with Crippen molar-refractivity contribution in [3.8, 4) is 10.4 Å². The van der Waals surface area contributed by atoms with Gasteiger partial charge in [-0.2, -0.15) is 0 Å². The molecule has 0 radical (unpaired) electrons. The van der Waals surface area contributed by atoms with Crippen LogP contribution in [-0.4, -0.2) is 70.2 Å². The van der Waals surface area contributed by atoms with Gasteiger partial charge in [-0.25, -0.2) is 19.6 Å². The third-order valence-corrected chi connectivity index (χ3v) is 7.00. The smallest absolute Gasteiger partial charge is 0.412 e. The summed E-state index contributed by atoms with van der Waals surface area (Å²) in [7, 11) is 0. The maximum Gasteiger partial charge on any atom is 0.412 e. The average molecular weight is 580 g/mol. The van der Waals surface area contributed by atoms with Crippen LogP contribution in [0.1, 0.15) is 57.6 Å². The van der Waals surface area contributed by atoms with Crippen LogP contribution in [-0.2, 0) is 15.9 Å². The number of thiophene rings is 1. The number of amides is 2. The van der Waals surface area contributed by atoms with Crippen molar-refractivity contribution in [1.29, 1.82) is 0 Å². The van der Waals surface area contributed by atoms with Crippen molar-refractivity contribution >= 4 is 40.8 Å². The zero-order valence-electron chi connectivity index (χ0n) is 24.4. The summed E-state index contributed by atoms with van der Waals surface area (Å²) >= 11 is 1.59. The summed E-state index contributed by atoms with van der Waals surface area (Å²) in [5, 5.41) is 4.77. The Morgan fingerprint density at radius 3 is 2.22 bits per heavy atom. The second-order valence-electron chi connectivity index (χ2n) is 11.8. The number of rotatable bonds is 6. The standard InChI is InChI=1S/C30H37N5O5S/c1-29(2,3)39-27(37)33-22-10-9-20(25-8-7-15-41-25)16-21(22)17-24(36)23-18-32-26(19-31-23)34-11-13-35(14-12-34)28(38)40-30(4,5)6/h7-10,15-16,18-19H,11-14,17H2,1-6H3,(H,33,37). The van der Waals surface area contributed by atoms with Gasteiger partial charge in [-0.05, 0) is 76.2 Å². The maximum atomic E-state index is 13.3. The molecule has 0 unspecified atom stereocenters. The lowest BCUT2D eigenvalue weighted by Crippen LogP contribution is -2.50. The van der Waals surface area contributed by atoms with E-state index in [0.29, 0.717) is 43.2 Å². The average Bonchev–Trinajstić information content (AvgIpc) is 3.43. The topological polar surface area (TPSA) is 114 Å². The lowest BCUT2D eigenvalue weighted by molar-refractivity contribution is 0.0240. The van der Waals surface area contributed by atoms with E-state index in [0.717, 1.165) is 10.4 Å². The number of carbonyl (C=O) groups excluding carboxylic acids is 3. The molecule has 10 nitrogen and oxygen atoms in total. The van der Waals surface area contributed by atoms with E-state index in [4.69, 9.17) is 9.47 Å². The van der Waals surface area contributed by atoms with E-state index in [2.05, 4.69) is 15.3 Å². The molecule has 0 atom stereocenters. The van der Waals surface area contributed by atoms with Crippen LogP contribution in [0.3, 0.4) is 0 Å². The van der Waals surface area contributed by atoms with Gasteiger partial charge in [0.25, 0.3) is 0 Å². The minimum absolute atomic E-state index is 0.0208. The van der Waals surface area contributed by atoms with Crippen molar-refractivity contribution in [3.63, 3.8) is 0 Å². The minimum Gasteiger partial charge on any atom is -0.444 e.